The van der Waals surface area contributed by atoms with Gasteiger partial charge in [-0.3, -0.25) is 4.79 Å². The highest BCUT2D eigenvalue weighted by Crippen LogP contribution is 2.30. The molecule has 1 amide bonds. The van der Waals surface area contributed by atoms with Gasteiger partial charge in [-0.05, 0) is 38.8 Å². The van der Waals surface area contributed by atoms with Gasteiger partial charge in [0.2, 0.25) is 5.91 Å². The van der Waals surface area contributed by atoms with Crippen molar-refractivity contribution in [1.82, 2.24) is 9.80 Å². The summed E-state index contributed by atoms with van der Waals surface area (Å²) in [5.74, 6) is 0.903. The Morgan fingerprint density at radius 2 is 2.00 bits per heavy atom. The molecule has 1 atom stereocenters. The van der Waals surface area contributed by atoms with E-state index in [4.69, 9.17) is 5.73 Å². The Hall–Kier alpha value is -0.610. The van der Waals surface area contributed by atoms with Crippen LogP contribution in [0.25, 0.3) is 0 Å². The lowest BCUT2D eigenvalue weighted by Crippen LogP contribution is -2.47. The molecule has 2 N–H and O–H groups in total. The van der Waals surface area contributed by atoms with Crippen LogP contribution in [0.1, 0.15) is 40.0 Å². The van der Waals surface area contributed by atoms with Crippen LogP contribution in [0.2, 0.25) is 0 Å². The number of likely N-dealkylation sites (tertiary alicyclic amines) is 1. The fraction of sp³-hybridized carbons (Fsp3) is 0.933. The van der Waals surface area contributed by atoms with E-state index in [-0.39, 0.29) is 11.3 Å². The maximum absolute atomic E-state index is 12.7. The highest BCUT2D eigenvalue weighted by Gasteiger charge is 2.39. The number of amides is 1. The van der Waals surface area contributed by atoms with Crippen molar-refractivity contribution in [1.29, 1.82) is 0 Å². The van der Waals surface area contributed by atoms with Crippen LogP contribution in [-0.2, 0) is 4.79 Å². The lowest BCUT2D eigenvalue weighted by atomic mass is 9.81. The molecule has 0 saturated carbocycles. The quantitative estimate of drug-likeness (QED) is 0.763. The molecule has 0 aromatic rings. The van der Waals surface area contributed by atoms with E-state index in [2.05, 4.69) is 32.7 Å². The molecule has 1 aliphatic rings. The minimum Gasteiger partial charge on any atom is -0.342 e. The van der Waals surface area contributed by atoms with Gasteiger partial charge in [-0.25, -0.2) is 0 Å². The number of hydrogen-bond acceptors (Lipinski definition) is 3. The van der Waals surface area contributed by atoms with Crippen molar-refractivity contribution in [2.24, 2.45) is 17.1 Å². The third-order valence-electron chi connectivity index (χ3n) is 4.88. The fourth-order valence-corrected chi connectivity index (χ4v) is 3.00. The van der Waals surface area contributed by atoms with Crippen molar-refractivity contribution in [3.05, 3.63) is 0 Å². The normalized spacial score (nSPS) is 20.3. The molecule has 112 valence electrons. The first kappa shape index (κ1) is 16.4. The fourth-order valence-electron chi connectivity index (χ4n) is 3.00. The first-order valence-corrected chi connectivity index (χ1v) is 7.70. The van der Waals surface area contributed by atoms with Crippen LogP contribution >= 0.6 is 0 Å². The summed E-state index contributed by atoms with van der Waals surface area (Å²) in [6.45, 7) is 10.8. The monoisotopic (exact) mass is 269 g/mol. The molecule has 0 radical (unpaired) electrons. The van der Waals surface area contributed by atoms with E-state index in [1.54, 1.807) is 0 Å². The zero-order chi connectivity index (χ0) is 14.5. The summed E-state index contributed by atoms with van der Waals surface area (Å²) in [5, 5.41) is 0. The van der Waals surface area contributed by atoms with Crippen molar-refractivity contribution in [3.8, 4) is 0 Å². The second-order valence-electron chi connectivity index (χ2n) is 5.95. The molecule has 4 heteroatoms. The minimum absolute atomic E-state index is 0.279. The molecule has 0 bridgehead atoms. The van der Waals surface area contributed by atoms with Crippen LogP contribution in [0.4, 0.5) is 0 Å². The van der Waals surface area contributed by atoms with E-state index in [0.717, 1.165) is 45.4 Å². The van der Waals surface area contributed by atoms with Gasteiger partial charge in [-0.1, -0.05) is 20.8 Å². The van der Waals surface area contributed by atoms with Gasteiger partial charge in [-0.15, -0.1) is 0 Å². The molecule has 1 saturated heterocycles. The summed E-state index contributed by atoms with van der Waals surface area (Å²) in [7, 11) is 2.15. The molecule has 1 heterocycles. The maximum atomic E-state index is 12.7. The largest absolute Gasteiger partial charge is 0.342 e. The topological polar surface area (TPSA) is 49.6 Å². The Morgan fingerprint density at radius 3 is 2.47 bits per heavy atom. The van der Waals surface area contributed by atoms with Crippen LogP contribution < -0.4 is 5.73 Å². The highest BCUT2D eigenvalue weighted by molar-refractivity contribution is 5.83. The number of rotatable bonds is 7. The van der Waals surface area contributed by atoms with Crippen LogP contribution in [0.15, 0.2) is 0 Å². The summed E-state index contributed by atoms with van der Waals surface area (Å²) in [4.78, 5) is 17.1. The van der Waals surface area contributed by atoms with Crippen molar-refractivity contribution in [2.45, 2.75) is 40.0 Å². The second-order valence-corrected chi connectivity index (χ2v) is 5.95. The molecular weight excluding hydrogens is 238 g/mol. The number of nitrogens with zero attached hydrogens (tertiary/aromatic N) is 2. The Kier molecular flexibility index (Phi) is 6.27. The molecule has 4 nitrogen and oxygen atoms in total. The van der Waals surface area contributed by atoms with Crippen LogP contribution in [0.3, 0.4) is 0 Å². The lowest BCUT2D eigenvalue weighted by molar-refractivity contribution is -0.141. The predicted molar refractivity (Wildman–Crippen MR) is 79.9 cm³/mol. The molecule has 1 aliphatic heterocycles. The summed E-state index contributed by atoms with van der Waals surface area (Å²) in [6, 6.07) is 0. The highest BCUT2D eigenvalue weighted by atomic mass is 16.2. The number of hydrogen-bond donors (Lipinski definition) is 1. The van der Waals surface area contributed by atoms with E-state index in [1.807, 2.05) is 4.90 Å². The number of carbonyl (C=O) groups is 1. The predicted octanol–water partition coefficient (Wildman–Crippen LogP) is 1.55. The van der Waals surface area contributed by atoms with Crippen molar-refractivity contribution in [2.75, 3.05) is 39.8 Å². The SMILES string of the molecule is CCN(C)CC1CCN(C(=O)C(CC)(CC)CN)C1. The molecule has 19 heavy (non-hydrogen) atoms. The van der Waals surface area contributed by atoms with Gasteiger partial charge in [-0.2, -0.15) is 0 Å². The van der Waals surface area contributed by atoms with Gasteiger partial charge in [0.1, 0.15) is 0 Å². The van der Waals surface area contributed by atoms with Crippen LogP contribution in [-0.4, -0.2) is 55.5 Å². The zero-order valence-corrected chi connectivity index (χ0v) is 13.1. The van der Waals surface area contributed by atoms with Gasteiger partial charge in [0.25, 0.3) is 0 Å². The average molecular weight is 269 g/mol. The maximum Gasteiger partial charge on any atom is 0.230 e. The van der Waals surface area contributed by atoms with Gasteiger partial charge < -0.3 is 15.5 Å². The van der Waals surface area contributed by atoms with Crippen molar-refractivity contribution < 1.29 is 4.79 Å². The van der Waals surface area contributed by atoms with Gasteiger partial charge in [0.05, 0.1) is 5.41 Å². The number of nitrogens with two attached hydrogens (primary N) is 1. The summed E-state index contributed by atoms with van der Waals surface area (Å²) in [6.07, 6.45) is 2.81. The standard InChI is InChI=1S/C15H31N3O/c1-5-15(6-2,12-16)14(19)18-9-8-13(11-18)10-17(4)7-3/h13H,5-12,16H2,1-4H3. The van der Waals surface area contributed by atoms with Crippen molar-refractivity contribution >= 4 is 5.91 Å². The molecule has 0 aliphatic carbocycles. The zero-order valence-electron chi connectivity index (χ0n) is 13.1. The third-order valence-corrected chi connectivity index (χ3v) is 4.88. The molecule has 0 aromatic heterocycles. The molecule has 1 rings (SSSR count). The molecular formula is C15H31N3O. The van der Waals surface area contributed by atoms with Crippen LogP contribution in [0, 0.1) is 11.3 Å². The molecule has 1 fully saturated rings. The van der Waals surface area contributed by atoms with E-state index in [0.29, 0.717) is 12.5 Å². The molecule has 1 unspecified atom stereocenters. The average Bonchev–Trinajstić information content (AvgIpc) is 2.89. The Morgan fingerprint density at radius 1 is 1.37 bits per heavy atom. The summed E-state index contributed by atoms with van der Waals surface area (Å²) >= 11 is 0. The lowest BCUT2D eigenvalue weighted by Gasteiger charge is -2.33. The summed E-state index contributed by atoms with van der Waals surface area (Å²) in [5.41, 5.74) is 5.55. The van der Waals surface area contributed by atoms with Gasteiger partial charge in [0.15, 0.2) is 0 Å². The van der Waals surface area contributed by atoms with E-state index < -0.39 is 0 Å². The first-order valence-electron chi connectivity index (χ1n) is 7.70. The van der Waals surface area contributed by atoms with Crippen molar-refractivity contribution in [3.63, 3.8) is 0 Å². The Bertz CT molecular complexity index is 281. The second kappa shape index (κ2) is 7.25. The third kappa shape index (κ3) is 3.69. The van der Waals surface area contributed by atoms with E-state index in [9.17, 15) is 4.79 Å². The van der Waals surface area contributed by atoms with E-state index in [1.165, 1.54) is 0 Å². The number of carbonyl (C=O) groups excluding carboxylic acids is 1. The smallest absolute Gasteiger partial charge is 0.230 e. The summed E-state index contributed by atoms with van der Waals surface area (Å²) < 4.78 is 0. The minimum atomic E-state index is -0.328. The molecule has 0 spiro atoms. The van der Waals surface area contributed by atoms with Gasteiger partial charge in [0, 0.05) is 26.2 Å². The van der Waals surface area contributed by atoms with Crippen LogP contribution in [0.5, 0.6) is 0 Å². The van der Waals surface area contributed by atoms with Gasteiger partial charge >= 0.3 is 0 Å². The van der Waals surface area contributed by atoms with E-state index >= 15 is 0 Å². The first-order chi connectivity index (χ1) is 9.02. The Balaban J connectivity index is 2.60. The Labute approximate surface area is 118 Å². The molecule has 0 aromatic carbocycles.